The summed E-state index contributed by atoms with van der Waals surface area (Å²) in [7, 11) is 0. The average molecular weight is 392 g/mol. The van der Waals surface area contributed by atoms with Gasteiger partial charge in [0.2, 0.25) is 11.8 Å². The smallest absolute Gasteiger partial charge is 0.244 e. The summed E-state index contributed by atoms with van der Waals surface area (Å²) in [6.45, 7) is 4.16. The van der Waals surface area contributed by atoms with Crippen molar-refractivity contribution in [3.8, 4) is 23.2 Å². The van der Waals surface area contributed by atoms with E-state index in [0.717, 1.165) is 33.2 Å². The van der Waals surface area contributed by atoms with Crippen molar-refractivity contribution >= 4 is 10.8 Å². The van der Waals surface area contributed by atoms with Crippen molar-refractivity contribution < 1.29 is 4.74 Å². The Bertz CT molecular complexity index is 1370. The maximum absolute atomic E-state index is 9.91. The van der Waals surface area contributed by atoms with E-state index < -0.39 is 0 Å². The Morgan fingerprint density at radius 3 is 2.57 bits per heavy atom. The molecule has 1 aromatic heterocycles. The van der Waals surface area contributed by atoms with Crippen molar-refractivity contribution in [2.75, 3.05) is 0 Å². The van der Waals surface area contributed by atoms with E-state index in [1.165, 1.54) is 11.1 Å². The topological polar surface area (TPSA) is 87.7 Å². The molecule has 0 amide bonds. The van der Waals surface area contributed by atoms with Gasteiger partial charge in [-0.2, -0.15) is 5.26 Å². The predicted octanol–water partition coefficient (Wildman–Crippen LogP) is 5.06. The van der Waals surface area contributed by atoms with E-state index >= 15 is 0 Å². The third-order valence-electron chi connectivity index (χ3n) is 5.84. The van der Waals surface area contributed by atoms with Crippen LogP contribution in [0.5, 0.6) is 5.88 Å². The molecule has 0 bridgehead atoms. The number of nitrogens with zero attached hydrogens (tertiary/aromatic N) is 2. The van der Waals surface area contributed by atoms with Gasteiger partial charge in [0.15, 0.2) is 0 Å². The second-order valence-electron chi connectivity index (χ2n) is 7.65. The van der Waals surface area contributed by atoms with Gasteiger partial charge in [-0.15, -0.1) is 5.10 Å². The van der Waals surface area contributed by atoms with E-state index in [4.69, 9.17) is 10.5 Å². The Morgan fingerprint density at radius 1 is 1.00 bits per heavy atom. The Balaban J connectivity index is 1.75. The number of nitrogens with two attached hydrogens (primary N) is 1. The molecule has 3 aromatic carbocycles. The SMILES string of the molecule is Cc1ccc(-c2[nH]nc3c2[C@H](c2ccc4ccccc4c2)C(C#N)=C(N)O3)cc1C. The van der Waals surface area contributed by atoms with Crippen molar-refractivity contribution in [1.82, 2.24) is 10.2 Å². The van der Waals surface area contributed by atoms with E-state index in [2.05, 4.69) is 72.6 Å². The molecule has 1 aliphatic heterocycles. The van der Waals surface area contributed by atoms with Crippen LogP contribution in [0.25, 0.3) is 22.0 Å². The van der Waals surface area contributed by atoms with Crippen LogP contribution in [0.4, 0.5) is 0 Å². The van der Waals surface area contributed by atoms with Gasteiger partial charge >= 0.3 is 0 Å². The Labute approximate surface area is 174 Å². The molecule has 0 spiro atoms. The average Bonchev–Trinajstić information content (AvgIpc) is 3.17. The van der Waals surface area contributed by atoms with Gasteiger partial charge < -0.3 is 10.5 Å². The molecule has 3 N–H and O–H groups in total. The van der Waals surface area contributed by atoms with E-state index in [0.29, 0.717) is 11.5 Å². The van der Waals surface area contributed by atoms with E-state index in [1.54, 1.807) is 0 Å². The third kappa shape index (κ3) is 2.73. The van der Waals surface area contributed by atoms with Gasteiger partial charge in [0.05, 0.1) is 17.2 Å². The van der Waals surface area contributed by atoms with Crippen LogP contribution in [-0.4, -0.2) is 10.2 Å². The third-order valence-corrected chi connectivity index (χ3v) is 5.84. The zero-order valence-electron chi connectivity index (χ0n) is 16.7. The second-order valence-corrected chi connectivity index (χ2v) is 7.65. The monoisotopic (exact) mass is 392 g/mol. The first-order valence-corrected chi connectivity index (χ1v) is 9.79. The van der Waals surface area contributed by atoms with Crippen LogP contribution in [0.3, 0.4) is 0 Å². The molecule has 5 heteroatoms. The van der Waals surface area contributed by atoms with E-state index in [-0.39, 0.29) is 11.8 Å². The number of allylic oxidation sites excluding steroid dienone is 1. The lowest BCUT2D eigenvalue weighted by Gasteiger charge is -2.24. The number of H-pyrrole nitrogens is 1. The standard InChI is InChI=1S/C25H20N4O/c1-14-7-8-19(11-15(14)2)23-22-21(20(13-26)24(27)30-25(22)29-28-23)18-10-9-16-5-3-4-6-17(16)12-18/h3-12,21H,27H2,1-2H3,(H,28,29)/t21-/m1/s1. The lowest BCUT2D eigenvalue weighted by Crippen LogP contribution is -2.21. The van der Waals surface area contributed by atoms with Gasteiger partial charge in [-0.25, -0.2) is 0 Å². The molecule has 1 aliphatic rings. The Kier molecular flexibility index (Phi) is 4.07. The number of nitrogens with one attached hydrogen (secondary N) is 1. The lowest BCUT2D eigenvalue weighted by molar-refractivity contribution is 0.379. The zero-order valence-corrected chi connectivity index (χ0v) is 16.7. The molecule has 0 radical (unpaired) electrons. The van der Waals surface area contributed by atoms with Gasteiger partial charge in [0.1, 0.15) is 11.6 Å². The molecule has 146 valence electrons. The minimum atomic E-state index is -0.362. The first-order chi connectivity index (χ1) is 14.6. The highest BCUT2D eigenvalue weighted by molar-refractivity contribution is 5.84. The molecule has 0 saturated heterocycles. The van der Waals surface area contributed by atoms with Crippen LogP contribution in [0.1, 0.15) is 28.2 Å². The fraction of sp³-hybridized carbons (Fsp3) is 0.120. The number of aryl methyl sites for hydroxylation is 2. The minimum absolute atomic E-state index is 0.0984. The van der Waals surface area contributed by atoms with Crippen molar-refractivity contribution in [3.63, 3.8) is 0 Å². The molecule has 0 fully saturated rings. The maximum atomic E-state index is 9.91. The van der Waals surface area contributed by atoms with Gasteiger partial charge in [-0.1, -0.05) is 54.6 Å². The number of hydrogen-bond donors (Lipinski definition) is 2. The van der Waals surface area contributed by atoms with Gasteiger partial charge in [0, 0.05) is 5.56 Å². The van der Waals surface area contributed by atoms with Crippen molar-refractivity contribution in [2.24, 2.45) is 5.73 Å². The quantitative estimate of drug-likeness (QED) is 0.499. The molecule has 5 rings (SSSR count). The minimum Gasteiger partial charge on any atom is -0.420 e. The van der Waals surface area contributed by atoms with Crippen molar-refractivity contribution in [3.05, 3.63) is 94.4 Å². The van der Waals surface area contributed by atoms with E-state index in [9.17, 15) is 5.26 Å². The van der Waals surface area contributed by atoms with Crippen molar-refractivity contribution in [2.45, 2.75) is 19.8 Å². The van der Waals surface area contributed by atoms with Gasteiger partial charge in [0.25, 0.3) is 0 Å². The largest absolute Gasteiger partial charge is 0.420 e. The second kappa shape index (κ2) is 6.78. The van der Waals surface area contributed by atoms with Crippen LogP contribution in [0.2, 0.25) is 0 Å². The number of ether oxygens (including phenoxy) is 1. The van der Waals surface area contributed by atoms with Gasteiger partial charge in [-0.3, -0.25) is 5.10 Å². The number of fused-ring (bicyclic) bond motifs is 2. The fourth-order valence-electron chi connectivity index (χ4n) is 4.08. The maximum Gasteiger partial charge on any atom is 0.244 e. The summed E-state index contributed by atoms with van der Waals surface area (Å²) in [6.07, 6.45) is 0. The molecular formula is C25H20N4O. The van der Waals surface area contributed by atoms with Crippen LogP contribution in [-0.2, 0) is 0 Å². The Hall–Kier alpha value is -4.04. The van der Waals surface area contributed by atoms with Gasteiger partial charge in [-0.05, 0) is 47.4 Å². The fourth-order valence-corrected chi connectivity index (χ4v) is 4.08. The predicted molar refractivity (Wildman–Crippen MR) is 117 cm³/mol. The summed E-state index contributed by atoms with van der Waals surface area (Å²) in [5.74, 6) is 0.151. The molecule has 2 heterocycles. The zero-order chi connectivity index (χ0) is 20.8. The van der Waals surface area contributed by atoms with E-state index in [1.807, 2.05) is 18.2 Å². The molecule has 0 aliphatic carbocycles. The highest BCUT2D eigenvalue weighted by Crippen LogP contribution is 2.46. The summed E-state index contributed by atoms with van der Waals surface area (Å²) in [6, 6.07) is 22.9. The number of nitriles is 1. The number of aromatic amines is 1. The summed E-state index contributed by atoms with van der Waals surface area (Å²) in [5, 5.41) is 19.6. The normalized spacial score (nSPS) is 15.6. The molecule has 5 nitrogen and oxygen atoms in total. The van der Waals surface area contributed by atoms with Crippen LogP contribution >= 0.6 is 0 Å². The van der Waals surface area contributed by atoms with Crippen LogP contribution in [0, 0.1) is 25.2 Å². The molecule has 1 atom stereocenters. The number of aromatic nitrogens is 2. The summed E-state index contributed by atoms with van der Waals surface area (Å²) in [4.78, 5) is 0. The summed E-state index contributed by atoms with van der Waals surface area (Å²) in [5.41, 5.74) is 12.6. The summed E-state index contributed by atoms with van der Waals surface area (Å²) < 4.78 is 5.72. The molecule has 4 aromatic rings. The number of hydrogen-bond acceptors (Lipinski definition) is 4. The van der Waals surface area contributed by atoms with Crippen molar-refractivity contribution in [1.29, 1.82) is 5.26 Å². The molecule has 30 heavy (non-hydrogen) atoms. The highest BCUT2D eigenvalue weighted by atomic mass is 16.5. The number of benzene rings is 3. The molecular weight excluding hydrogens is 372 g/mol. The Morgan fingerprint density at radius 2 is 1.80 bits per heavy atom. The molecule has 0 unspecified atom stereocenters. The first-order valence-electron chi connectivity index (χ1n) is 9.79. The highest BCUT2D eigenvalue weighted by Gasteiger charge is 2.35. The lowest BCUT2D eigenvalue weighted by atomic mass is 9.82. The molecule has 0 saturated carbocycles. The van der Waals surface area contributed by atoms with Crippen LogP contribution in [0.15, 0.2) is 72.1 Å². The first kappa shape index (κ1) is 18.0. The summed E-state index contributed by atoms with van der Waals surface area (Å²) >= 11 is 0. The van der Waals surface area contributed by atoms with Crippen LogP contribution < -0.4 is 10.5 Å². The number of rotatable bonds is 2.